The summed E-state index contributed by atoms with van der Waals surface area (Å²) >= 11 is 0. The number of aliphatic imine (C=N–C) groups is 1. The molecule has 1 aromatic carbocycles. The van der Waals surface area contributed by atoms with Crippen LogP contribution >= 0.6 is 0 Å². The molecule has 0 amide bonds. The number of carbonyl (C=O) groups excluding carboxylic acids is 1. The fourth-order valence-electron chi connectivity index (χ4n) is 2.16. The predicted octanol–water partition coefficient (Wildman–Crippen LogP) is 1.76. The molecule has 3 rings (SSSR count). The first-order valence-corrected chi connectivity index (χ1v) is 6.39. The summed E-state index contributed by atoms with van der Waals surface area (Å²) in [6.45, 7) is 2.06. The fourth-order valence-corrected chi connectivity index (χ4v) is 2.16. The molecule has 0 saturated heterocycles. The molecule has 0 saturated carbocycles. The van der Waals surface area contributed by atoms with E-state index in [1.54, 1.807) is 13.1 Å². The van der Waals surface area contributed by atoms with Crippen LogP contribution in [0.15, 0.2) is 40.6 Å². The van der Waals surface area contributed by atoms with Crippen LogP contribution in [0.25, 0.3) is 10.9 Å². The Morgan fingerprint density at radius 3 is 3.10 bits per heavy atom. The smallest absolute Gasteiger partial charge is 0.375 e. The Labute approximate surface area is 115 Å². The van der Waals surface area contributed by atoms with Gasteiger partial charge in [0.15, 0.2) is 0 Å². The summed E-state index contributed by atoms with van der Waals surface area (Å²) in [4.78, 5) is 19.2. The topological polar surface area (TPSA) is 78.8 Å². The lowest BCUT2D eigenvalue weighted by Gasteiger charge is -2.14. The number of benzene rings is 1. The second-order valence-electron chi connectivity index (χ2n) is 4.32. The van der Waals surface area contributed by atoms with E-state index in [0.29, 0.717) is 6.61 Å². The van der Waals surface area contributed by atoms with Crippen LogP contribution in [0.4, 0.5) is 0 Å². The van der Waals surface area contributed by atoms with Crippen LogP contribution < -0.4 is 5.43 Å². The Bertz CT molecular complexity index is 702. The summed E-state index contributed by atoms with van der Waals surface area (Å²) in [5.41, 5.74) is 4.59. The summed E-state index contributed by atoms with van der Waals surface area (Å²) in [6.07, 6.45) is 3.55. The van der Waals surface area contributed by atoms with Crippen LogP contribution in [0.2, 0.25) is 0 Å². The van der Waals surface area contributed by atoms with Gasteiger partial charge in [0.1, 0.15) is 6.04 Å². The Morgan fingerprint density at radius 1 is 1.40 bits per heavy atom. The van der Waals surface area contributed by atoms with Gasteiger partial charge in [0.2, 0.25) is 5.84 Å². The van der Waals surface area contributed by atoms with Gasteiger partial charge < -0.3 is 9.72 Å². The Kier molecular flexibility index (Phi) is 3.20. The molecule has 0 radical (unpaired) electrons. The number of aromatic amines is 1. The number of hydrogen-bond donors (Lipinski definition) is 2. The van der Waals surface area contributed by atoms with E-state index in [-0.39, 0.29) is 11.9 Å². The Morgan fingerprint density at radius 2 is 2.25 bits per heavy atom. The average molecular weight is 270 g/mol. The lowest BCUT2D eigenvalue weighted by atomic mass is 10.1. The molecule has 6 heteroatoms. The molecule has 0 spiro atoms. The molecular formula is C14H14N4O2. The Hall–Kier alpha value is -2.63. The highest BCUT2D eigenvalue weighted by Crippen LogP contribution is 2.26. The van der Waals surface area contributed by atoms with Gasteiger partial charge in [-0.05, 0) is 13.0 Å². The maximum Gasteiger partial charge on any atom is 0.375 e. The maximum atomic E-state index is 11.7. The van der Waals surface area contributed by atoms with Crippen LogP contribution in [-0.2, 0) is 9.53 Å². The minimum absolute atomic E-state index is 0.129. The molecule has 1 aromatic heterocycles. The SMILES string of the molecule is CCOC(=O)C1=NC(c2c[nH]c3ccccc23)C=NN1. The molecule has 0 bridgehead atoms. The van der Waals surface area contributed by atoms with Crippen LogP contribution in [0.1, 0.15) is 18.5 Å². The third-order valence-electron chi connectivity index (χ3n) is 3.06. The number of hydrogen-bond acceptors (Lipinski definition) is 5. The van der Waals surface area contributed by atoms with Gasteiger partial charge in [-0.25, -0.2) is 9.79 Å². The van der Waals surface area contributed by atoms with Crippen molar-refractivity contribution in [1.29, 1.82) is 0 Å². The molecule has 6 nitrogen and oxygen atoms in total. The van der Waals surface area contributed by atoms with E-state index in [2.05, 4.69) is 20.5 Å². The number of ether oxygens (including phenoxy) is 1. The summed E-state index contributed by atoms with van der Waals surface area (Å²) in [6, 6.07) is 7.64. The summed E-state index contributed by atoms with van der Waals surface area (Å²) in [5, 5.41) is 5.05. The maximum absolute atomic E-state index is 11.7. The molecule has 2 N–H and O–H groups in total. The zero-order valence-electron chi connectivity index (χ0n) is 11.0. The van der Waals surface area contributed by atoms with Gasteiger partial charge in [0, 0.05) is 22.7 Å². The van der Waals surface area contributed by atoms with Crippen LogP contribution in [0.5, 0.6) is 0 Å². The van der Waals surface area contributed by atoms with Crippen molar-refractivity contribution in [3.8, 4) is 0 Å². The standard InChI is InChI=1S/C14H14N4O2/c1-2-20-14(19)13-17-12(8-16-18-13)10-7-15-11-6-4-3-5-9(10)11/h3-8,12,15H,2H2,1H3,(H,17,18). The van der Waals surface area contributed by atoms with Gasteiger partial charge in [0.05, 0.1) is 12.8 Å². The molecule has 20 heavy (non-hydrogen) atoms. The van der Waals surface area contributed by atoms with Gasteiger partial charge in [-0.2, -0.15) is 5.10 Å². The molecule has 1 atom stereocenters. The van der Waals surface area contributed by atoms with Crippen molar-refractivity contribution in [3.05, 3.63) is 36.0 Å². The third kappa shape index (κ3) is 2.16. The van der Waals surface area contributed by atoms with Gasteiger partial charge in [-0.1, -0.05) is 18.2 Å². The molecule has 2 heterocycles. The highest BCUT2D eigenvalue weighted by atomic mass is 16.5. The number of aromatic nitrogens is 1. The number of H-pyrrole nitrogens is 1. The molecule has 1 aliphatic heterocycles. The highest BCUT2D eigenvalue weighted by molar-refractivity contribution is 6.35. The third-order valence-corrected chi connectivity index (χ3v) is 3.06. The zero-order chi connectivity index (χ0) is 13.9. The van der Waals surface area contributed by atoms with Gasteiger partial charge in [-0.3, -0.25) is 5.43 Å². The number of hydrazone groups is 1. The average Bonchev–Trinajstić information content (AvgIpc) is 2.91. The van der Waals surface area contributed by atoms with Crippen LogP contribution in [0.3, 0.4) is 0 Å². The van der Waals surface area contributed by atoms with E-state index in [4.69, 9.17) is 4.74 Å². The van der Waals surface area contributed by atoms with Gasteiger partial charge >= 0.3 is 5.97 Å². The number of carbonyl (C=O) groups is 1. The van der Waals surface area contributed by atoms with Crippen LogP contribution in [0, 0.1) is 0 Å². The van der Waals surface area contributed by atoms with Crippen molar-refractivity contribution in [2.24, 2.45) is 10.1 Å². The number of amidine groups is 1. The first kappa shape index (κ1) is 12.4. The van der Waals surface area contributed by atoms with Crippen molar-refractivity contribution in [1.82, 2.24) is 10.4 Å². The van der Waals surface area contributed by atoms with Crippen molar-refractivity contribution < 1.29 is 9.53 Å². The minimum Gasteiger partial charge on any atom is -0.460 e. The van der Waals surface area contributed by atoms with Crippen molar-refractivity contribution >= 4 is 28.9 Å². The number of fused-ring (bicyclic) bond motifs is 1. The quantitative estimate of drug-likeness (QED) is 0.834. The highest BCUT2D eigenvalue weighted by Gasteiger charge is 2.21. The van der Waals surface area contributed by atoms with Gasteiger partial charge in [-0.15, -0.1) is 0 Å². The first-order chi connectivity index (χ1) is 9.79. The van der Waals surface area contributed by atoms with E-state index >= 15 is 0 Å². The van der Waals surface area contributed by atoms with Crippen LogP contribution in [-0.4, -0.2) is 29.6 Å². The number of rotatable bonds is 3. The number of para-hydroxylation sites is 1. The first-order valence-electron chi connectivity index (χ1n) is 6.39. The summed E-state index contributed by atoms with van der Waals surface area (Å²) in [7, 11) is 0. The number of nitrogens with zero attached hydrogens (tertiary/aromatic N) is 2. The summed E-state index contributed by atoms with van der Waals surface area (Å²) < 4.78 is 4.92. The lowest BCUT2D eigenvalue weighted by molar-refractivity contribution is -0.135. The lowest BCUT2D eigenvalue weighted by Crippen LogP contribution is -2.33. The normalized spacial score (nSPS) is 17.6. The molecule has 2 aromatic rings. The molecule has 102 valence electrons. The second kappa shape index (κ2) is 5.16. The zero-order valence-corrected chi connectivity index (χ0v) is 11.0. The van der Waals surface area contributed by atoms with E-state index in [1.807, 2.05) is 30.5 Å². The van der Waals surface area contributed by atoms with E-state index in [1.165, 1.54) is 0 Å². The Balaban J connectivity index is 1.95. The number of nitrogens with one attached hydrogen (secondary N) is 2. The second-order valence-corrected chi connectivity index (χ2v) is 4.32. The molecule has 1 unspecified atom stereocenters. The van der Waals surface area contributed by atoms with Gasteiger partial charge in [0.25, 0.3) is 0 Å². The van der Waals surface area contributed by atoms with Crippen molar-refractivity contribution in [2.45, 2.75) is 13.0 Å². The van der Waals surface area contributed by atoms with E-state index in [9.17, 15) is 4.79 Å². The predicted molar refractivity (Wildman–Crippen MR) is 76.7 cm³/mol. The monoisotopic (exact) mass is 270 g/mol. The number of esters is 1. The molecular weight excluding hydrogens is 256 g/mol. The largest absolute Gasteiger partial charge is 0.460 e. The van der Waals surface area contributed by atoms with E-state index in [0.717, 1.165) is 16.5 Å². The van der Waals surface area contributed by atoms with Crippen molar-refractivity contribution in [2.75, 3.05) is 6.61 Å². The minimum atomic E-state index is -0.491. The molecule has 0 fully saturated rings. The molecule has 1 aliphatic rings. The van der Waals surface area contributed by atoms with E-state index < -0.39 is 5.97 Å². The van der Waals surface area contributed by atoms with Crippen molar-refractivity contribution in [3.63, 3.8) is 0 Å². The summed E-state index contributed by atoms with van der Waals surface area (Å²) in [5.74, 6) is -0.362. The fraction of sp³-hybridized carbons (Fsp3) is 0.214. The molecule has 0 aliphatic carbocycles.